The van der Waals surface area contributed by atoms with Gasteiger partial charge in [0.2, 0.25) is 0 Å². The number of hydrogen-bond donors (Lipinski definition) is 1. The van der Waals surface area contributed by atoms with Crippen molar-refractivity contribution in [1.29, 1.82) is 0 Å². The van der Waals surface area contributed by atoms with Gasteiger partial charge < -0.3 is 10.5 Å². The van der Waals surface area contributed by atoms with Crippen molar-refractivity contribution < 1.29 is 4.74 Å². The molecule has 0 heterocycles. The van der Waals surface area contributed by atoms with Crippen LogP contribution in [0.25, 0.3) is 0 Å². The summed E-state index contributed by atoms with van der Waals surface area (Å²) in [6.07, 6.45) is 4.62. The first kappa shape index (κ1) is 14.2. The smallest absolute Gasteiger partial charge is 0.0534 e. The summed E-state index contributed by atoms with van der Waals surface area (Å²) < 4.78 is 5.93. The molecule has 0 fully saturated rings. The van der Waals surface area contributed by atoms with Crippen molar-refractivity contribution in [3.63, 3.8) is 0 Å². The van der Waals surface area contributed by atoms with Crippen molar-refractivity contribution >= 4 is 5.69 Å². The van der Waals surface area contributed by atoms with E-state index in [4.69, 9.17) is 10.5 Å². The second-order valence-corrected chi connectivity index (χ2v) is 5.81. The quantitative estimate of drug-likeness (QED) is 0.665. The van der Waals surface area contributed by atoms with E-state index in [0.29, 0.717) is 5.92 Å². The van der Waals surface area contributed by atoms with Crippen molar-refractivity contribution in [3.8, 4) is 0 Å². The van der Waals surface area contributed by atoms with Gasteiger partial charge >= 0.3 is 0 Å². The SMILES string of the molecule is Nc1ccccc1CCOCC1CCCc2ccccc21. The van der Waals surface area contributed by atoms with E-state index >= 15 is 0 Å². The van der Waals surface area contributed by atoms with Crippen LogP contribution in [0.2, 0.25) is 0 Å². The van der Waals surface area contributed by atoms with E-state index in [1.165, 1.54) is 36.0 Å². The fourth-order valence-corrected chi connectivity index (χ4v) is 3.20. The average Bonchev–Trinajstić information content (AvgIpc) is 2.53. The molecule has 0 spiro atoms. The molecule has 0 saturated carbocycles. The molecule has 3 rings (SSSR count). The van der Waals surface area contributed by atoms with Gasteiger partial charge in [-0.25, -0.2) is 0 Å². The zero-order valence-corrected chi connectivity index (χ0v) is 12.4. The summed E-state index contributed by atoms with van der Waals surface area (Å²) in [5.74, 6) is 0.558. The molecule has 21 heavy (non-hydrogen) atoms. The van der Waals surface area contributed by atoms with Crippen LogP contribution in [0.3, 0.4) is 0 Å². The van der Waals surface area contributed by atoms with E-state index in [1.54, 1.807) is 0 Å². The maximum absolute atomic E-state index is 5.95. The molecule has 0 aliphatic heterocycles. The van der Waals surface area contributed by atoms with Gasteiger partial charge in [-0.1, -0.05) is 42.5 Å². The van der Waals surface area contributed by atoms with Crippen LogP contribution >= 0.6 is 0 Å². The third-order valence-electron chi connectivity index (χ3n) is 4.38. The summed E-state index contributed by atoms with van der Waals surface area (Å²) in [5, 5.41) is 0. The highest BCUT2D eigenvalue weighted by Gasteiger charge is 2.19. The van der Waals surface area contributed by atoms with Crippen LogP contribution in [0.15, 0.2) is 48.5 Å². The second kappa shape index (κ2) is 6.77. The molecule has 1 unspecified atom stereocenters. The molecule has 0 amide bonds. The first-order valence-corrected chi connectivity index (χ1v) is 7.83. The lowest BCUT2D eigenvalue weighted by molar-refractivity contribution is 0.118. The zero-order valence-electron chi connectivity index (χ0n) is 12.4. The third-order valence-corrected chi connectivity index (χ3v) is 4.38. The molecule has 0 aromatic heterocycles. The monoisotopic (exact) mass is 281 g/mol. The van der Waals surface area contributed by atoms with Crippen molar-refractivity contribution in [1.82, 2.24) is 0 Å². The molecule has 2 N–H and O–H groups in total. The molecule has 2 aromatic rings. The molecule has 0 saturated heterocycles. The van der Waals surface area contributed by atoms with Crippen LogP contribution in [0, 0.1) is 0 Å². The highest BCUT2D eigenvalue weighted by Crippen LogP contribution is 2.31. The summed E-state index contributed by atoms with van der Waals surface area (Å²) in [5.41, 5.74) is 11.0. The van der Waals surface area contributed by atoms with Gasteiger partial charge in [0.05, 0.1) is 13.2 Å². The molecule has 2 nitrogen and oxygen atoms in total. The Labute approximate surface area is 126 Å². The molecule has 2 heteroatoms. The standard InChI is InChI=1S/C19H23NO/c20-19-11-4-2-7-16(19)12-13-21-14-17-9-5-8-15-6-1-3-10-18(15)17/h1-4,6-7,10-11,17H,5,8-9,12-14,20H2. The summed E-state index contributed by atoms with van der Waals surface area (Å²) in [6.45, 7) is 1.57. The first-order chi connectivity index (χ1) is 10.3. The molecule has 110 valence electrons. The Kier molecular flexibility index (Phi) is 4.56. The fourth-order valence-electron chi connectivity index (χ4n) is 3.20. The van der Waals surface area contributed by atoms with Gasteiger partial charge in [-0.15, -0.1) is 0 Å². The minimum atomic E-state index is 0.558. The Morgan fingerprint density at radius 2 is 1.86 bits per heavy atom. The first-order valence-electron chi connectivity index (χ1n) is 7.83. The number of nitrogen functional groups attached to an aromatic ring is 1. The minimum Gasteiger partial charge on any atom is -0.399 e. The van der Waals surface area contributed by atoms with E-state index in [0.717, 1.165) is 25.3 Å². The van der Waals surface area contributed by atoms with Crippen molar-refractivity contribution in [3.05, 3.63) is 65.2 Å². The van der Waals surface area contributed by atoms with Crippen LogP contribution in [0.1, 0.15) is 35.4 Å². The largest absolute Gasteiger partial charge is 0.399 e. The Morgan fingerprint density at radius 1 is 1.05 bits per heavy atom. The van der Waals surface area contributed by atoms with Crippen LogP contribution in [0.5, 0.6) is 0 Å². The number of ether oxygens (including phenoxy) is 1. The topological polar surface area (TPSA) is 35.2 Å². The maximum Gasteiger partial charge on any atom is 0.0534 e. The van der Waals surface area contributed by atoms with Crippen LogP contribution in [-0.4, -0.2) is 13.2 Å². The van der Waals surface area contributed by atoms with Gasteiger partial charge in [0, 0.05) is 11.6 Å². The third kappa shape index (κ3) is 3.45. The summed E-state index contributed by atoms with van der Waals surface area (Å²) in [7, 11) is 0. The summed E-state index contributed by atoms with van der Waals surface area (Å²) >= 11 is 0. The molecule has 1 aliphatic carbocycles. The van der Waals surface area contributed by atoms with Gasteiger partial charge in [0.25, 0.3) is 0 Å². The van der Waals surface area contributed by atoms with E-state index in [-0.39, 0.29) is 0 Å². The lowest BCUT2D eigenvalue weighted by Crippen LogP contribution is -2.16. The Balaban J connectivity index is 1.52. The van der Waals surface area contributed by atoms with Gasteiger partial charge in [0.1, 0.15) is 0 Å². The summed E-state index contributed by atoms with van der Waals surface area (Å²) in [4.78, 5) is 0. The number of hydrogen-bond acceptors (Lipinski definition) is 2. The molecule has 2 aromatic carbocycles. The number of fused-ring (bicyclic) bond motifs is 1. The van der Waals surface area contributed by atoms with Gasteiger partial charge in [-0.3, -0.25) is 0 Å². The Bertz CT molecular complexity index is 594. The number of anilines is 1. The van der Waals surface area contributed by atoms with Gasteiger partial charge in [0.15, 0.2) is 0 Å². The molecule has 0 radical (unpaired) electrons. The summed E-state index contributed by atoms with van der Waals surface area (Å²) in [6, 6.07) is 16.8. The maximum atomic E-state index is 5.95. The van der Waals surface area contributed by atoms with Crippen molar-refractivity contribution in [2.75, 3.05) is 18.9 Å². The van der Waals surface area contributed by atoms with Crippen LogP contribution < -0.4 is 5.73 Å². The lowest BCUT2D eigenvalue weighted by atomic mass is 9.83. The van der Waals surface area contributed by atoms with Crippen LogP contribution in [-0.2, 0) is 17.6 Å². The average molecular weight is 281 g/mol. The van der Waals surface area contributed by atoms with Gasteiger partial charge in [-0.05, 0) is 48.4 Å². The fraction of sp³-hybridized carbons (Fsp3) is 0.368. The molecule has 1 atom stereocenters. The number of nitrogens with two attached hydrogens (primary N) is 1. The number of benzene rings is 2. The molecule has 0 bridgehead atoms. The van der Waals surface area contributed by atoms with Gasteiger partial charge in [-0.2, -0.15) is 0 Å². The van der Waals surface area contributed by atoms with E-state index in [1.807, 2.05) is 18.2 Å². The number of aryl methyl sites for hydroxylation is 1. The normalized spacial score (nSPS) is 17.4. The Hall–Kier alpha value is -1.80. The lowest BCUT2D eigenvalue weighted by Gasteiger charge is -2.25. The number of para-hydroxylation sites is 1. The number of rotatable bonds is 5. The van der Waals surface area contributed by atoms with E-state index in [2.05, 4.69) is 30.3 Å². The Morgan fingerprint density at radius 3 is 2.76 bits per heavy atom. The molecular weight excluding hydrogens is 258 g/mol. The minimum absolute atomic E-state index is 0.558. The predicted molar refractivity (Wildman–Crippen MR) is 87.5 cm³/mol. The highest BCUT2D eigenvalue weighted by molar-refractivity contribution is 5.46. The van der Waals surface area contributed by atoms with E-state index in [9.17, 15) is 0 Å². The van der Waals surface area contributed by atoms with Crippen molar-refractivity contribution in [2.45, 2.75) is 31.6 Å². The molecule has 1 aliphatic rings. The van der Waals surface area contributed by atoms with Crippen molar-refractivity contribution in [2.24, 2.45) is 0 Å². The molecular formula is C19H23NO. The zero-order chi connectivity index (χ0) is 14.5. The second-order valence-electron chi connectivity index (χ2n) is 5.81. The van der Waals surface area contributed by atoms with E-state index < -0.39 is 0 Å². The highest BCUT2D eigenvalue weighted by atomic mass is 16.5. The predicted octanol–water partition coefficient (Wildman–Crippen LogP) is 3.95. The van der Waals surface area contributed by atoms with Crippen LogP contribution in [0.4, 0.5) is 5.69 Å².